The monoisotopic (exact) mass is 321 g/mol. The Labute approximate surface area is 141 Å². The van der Waals surface area contributed by atoms with Crippen LogP contribution in [-0.4, -0.2) is 17.0 Å². The second-order valence-corrected chi connectivity index (χ2v) is 5.63. The molecule has 0 fully saturated rings. The molecule has 0 amide bonds. The van der Waals surface area contributed by atoms with Crippen LogP contribution in [0.5, 0.6) is 5.75 Å². The molecule has 0 unspecified atom stereocenters. The van der Waals surface area contributed by atoms with E-state index in [0.29, 0.717) is 18.7 Å². The number of aromatic nitrogens is 2. The van der Waals surface area contributed by atoms with Gasteiger partial charge in [0.25, 0.3) is 0 Å². The number of imidazole rings is 1. The van der Waals surface area contributed by atoms with E-state index in [1.807, 2.05) is 48.1 Å². The van der Waals surface area contributed by atoms with Crippen LogP contribution in [0.4, 0.5) is 0 Å². The fourth-order valence-electron chi connectivity index (χ4n) is 2.87. The van der Waals surface area contributed by atoms with Crippen molar-refractivity contribution in [3.8, 4) is 5.75 Å². The Kier molecular flexibility index (Phi) is 4.47. The Hall–Kier alpha value is -2.88. The number of para-hydroxylation sites is 2. The maximum Gasteiger partial charge on any atom is 0.249 e. The zero-order chi connectivity index (χ0) is 17.1. The summed E-state index contributed by atoms with van der Waals surface area (Å²) in [6, 6.07) is 13.8. The van der Waals surface area contributed by atoms with Crippen LogP contribution in [0, 0.1) is 0 Å². The molecular formula is C20H21N2O2+. The summed E-state index contributed by atoms with van der Waals surface area (Å²) in [6.45, 7) is 8.61. The number of benzene rings is 2. The number of carbonyl (C=O) groups is 1. The van der Waals surface area contributed by atoms with Gasteiger partial charge in [-0.1, -0.05) is 18.7 Å². The Balaban J connectivity index is 2.09. The highest BCUT2D eigenvalue weighted by Crippen LogP contribution is 2.21. The number of hydrogen-bond donors (Lipinski definition) is 0. The molecule has 0 radical (unpaired) electrons. The summed E-state index contributed by atoms with van der Waals surface area (Å²) < 4.78 is 9.87. The number of nitrogens with zero attached hydrogens (tertiary/aromatic N) is 2. The molecule has 4 heteroatoms. The Morgan fingerprint density at radius 1 is 1.29 bits per heavy atom. The van der Waals surface area contributed by atoms with Gasteiger partial charge in [-0.25, -0.2) is 9.13 Å². The minimum absolute atomic E-state index is 0.0535. The van der Waals surface area contributed by atoms with Gasteiger partial charge in [-0.3, -0.25) is 4.79 Å². The lowest BCUT2D eigenvalue weighted by molar-refractivity contribution is -0.662. The molecule has 0 spiro atoms. The van der Waals surface area contributed by atoms with Gasteiger partial charge in [0.1, 0.15) is 12.3 Å². The van der Waals surface area contributed by atoms with E-state index in [-0.39, 0.29) is 5.78 Å². The largest absolute Gasteiger partial charge is 0.493 e. The quantitative estimate of drug-likeness (QED) is 0.513. The number of ketones is 1. The van der Waals surface area contributed by atoms with Crippen LogP contribution in [-0.2, 0) is 6.54 Å². The lowest BCUT2D eigenvalue weighted by atomic mass is 10.1. The molecule has 1 heterocycles. The number of fused-ring (bicyclic) bond motifs is 1. The SMILES string of the molecule is C=Cn1c[n+](Cc2cc(C(C)=O)ccc2OCC)c2ccccc21. The molecule has 0 N–H and O–H groups in total. The third-order valence-corrected chi connectivity index (χ3v) is 4.04. The van der Waals surface area contributed by atoms with Gasteiger partial charge in [-0.05, 0) is 44.2 Å². The predicted molar refractivity (Wildman–Crippen MR) is 95.2 cm³/mol. The molecule has 0 aliphatic rings. The van der Waals surface area contributed by atoms with Gasteiger partial charge in [-0.2, -0.15) is 0 Å². The molecule has 4 nitrogen and oxygen atoms in total. The zero-order valence-corrected chi connectivity index (χ0v) is 14.0. The van der Waals surface area contributed by atoms with Crippen molar-refractivity contribution >= 4 is 23.0 Å². The maximum absolute atomic E-state index is 11.7. The normalized spacial score (nSPS) is 10.8. The van der Waals surface area contributed by atoms with Gasteiger partial charge < -0.3 is 4.74 Å². The average molecular weight is 321 g/mol. The van der Waals surface area contributed by atoms with E-state index in [9.17, 15) is 4.79 Å². The third-order valence-electron chi connectivity index (χ3n) is 4.04. The number of ether oxygens (including phenoxy) is 1. The topological polar surface area (TPSA) is 35.1 Å². The summed E-state index contributed by atoms with van der Waals surface area (Å²) in [5.41, 5.74) is 3.88. The van der Waals surface area contributed by atoms with Gasteiger partial charge in [-0.15, -0.1) is 0 Å². The first-order valence-electron chi connectivity index (χ1n) is 8.02. The van der Waals surface area contributed by atoms with E-state index in [0.717, 1.165) is 22.3 Å². The van der Waals surface area contributed by atoms with Crippen LogP contribution in [0.3, 0.4) is 0 Å². The highest BCUT2D eigenvalue weighted by molar-refractivity contribution is 5.94. The first kappa shape index (κ1) is 16.0. The van der Waals surface area contributed by atoms with Crippen LogP contribution in [0.2, 0.25) is 0 Å². The molecule has 24 heavy (non-hydrogen) atoms. The van der Waals surface area contributed by atoms with E-state index >= 15 is 0 Å². The summed E-state index contributed by atoms with van der Waals surface area (Å²) in [5.74, 6) is 0.864. The van der Waals surface area contributed by atoms with Crippen molar-refractivity contribution in [3.05, 3.63) is 66.5 Å². The van der Waals surface area contributed by atoms with Crippen molar-refractivity contribution in [2.75, 3.05) is 6.61 Å². The second-order valence-electron chi connectivity index (χ2n) is 5.63. The number of Topliss-reactive ketones (excluding diaryl/α,β-unsaturated/α-hetero) is 1. The highest BCUT2D eigenvalue weighted by Gasteiger charge is 2.16. The number of hydrogen-bond acceptors (Lipinski definition) is 2. The zero-order valence-electron chi connectivity index (χ0n) is 14.0. The molecule has 0 saturated heterocycles. The molecular weight excluding hydrogens is 300 g/mol. The molecule has 0 aliphatic carbocycles. The summed E-state index contributed by atoms with van der Waals surface area (Å²) >= 11 is 0. The molecule has 3 aromatic rings. The second kappa shape index (κ2) is 6.71. The van der Waals surface area contributed by atoms with Crippen molar-refractivity contribution in [2.45, 2.75) is 20.4 Å². The van der Waals surface area contributed by atoms with Crippen molar-refractivity contribution < 1.29 is 14.1 Å². The van der Waals surface area contributed by atoms with E-state index in [1.54, 1.807) is 13.1 Å². The van der Waals surface area contributed by atoms with Crippen molar-refractivity contribution in [2.24, 2.45) is 0 Å². The number of carbonyl (C=O) groups excluding carboxylic acids is 1. The van der Waals surface area contributed by atoms with E-state index in [2.05, 4.69) is 23.3 Å². The molecule has 3 rings (SSSR count). The Bertz CT molecular complexity index is 909. The van der Waals surface area contributed by atoms with Gasteiger partial charge >= 0.3 is 0 Å². The van der Waals surface area contributed by atoms with Crippen LogP contribution in [0.15, 0.2) is 55.4 Å². The van der Waals surface area contributed by atoms with Crippen LogP contribution in [0.25, 0.3) is 17.2 Å². The molecule has 0 aliphatic heterocycles. The van der Waals surface area contributed by atoms with Crippen molar-refractivity contribution in [1.29, 1.82) is 0 Å². The summed E-state index contributed by atoms with van der Waals surface area (Å²) in [5, 5.41) is 0. The summed E-state index contributed by atoms with van der Waals surface area (Å²) in [4.78, 5) is 11.7. The fourth-order valence-corrected chi connectivity index (χ4v) is 2.87. The van der Waals surface area contributed by atoms with Gasteiger partial charge in [0.2, 0.25) is 6.33 Å². The van der Waals surface area contributed by atoms with Crippen LogP contribution < -0.4 is 9.30 Å². The maximum atomic E-state index is 11.7. The third kappa shape index (κ3) is 2.95. The fraction of sp³-hybridized carbons (Fsp3) is 0.200. The molecule has 122 valence electrons. The summed E-state index contributed by atoms with van der Waals surface area (Å²) in [7, 11) is 0. The molecule has 0 bridgehead atoms. The highest BCUT2D eigenvalue weighted by atomic mass is 16.5. The minimum atomic E-state index is 0.0535. The smallest absolute Gasteiger partial charge is 0.249 e. The molecule has 2 aromatic carbocycles. The van der Waals surface area contributed by atoms with E-state index in [1.165, 1.54) is 0 Å². The number of rotatable bonds is 6. The first-order chi connectivity index (χ1) is 11.6. The molecule has 0 saturated carbocycles. The van der Waals surface area contributed by atoms with E-state index in [4.69, 9.17) is 4.74 Å². The van der Waals surface area contributed by atoms with Gasteiger partial charge in [0.05, 0.1) is 12.8 Å². The van der Waals surface area contributed by atoms with Gasteiger partial charge in [0.15, 0.2) is 16.8 Å². The minimum Gasteiger partial charge on any atom is -0.493 e. The van der Waals surface area contributed by atoms with Crippen LogP contribution >= 0.6 is 0 Å². The average Bonchev–Trinajstić information content (AvgIpc) is 2.94. The Morgan fingerprint density at radius 3 is 2.79 bits per heavy atom. The van der Waals surface area contributed by atoms with E-state index < -0.39 is 0 Å². The standard InChI is InChI=1S/C20H21N2O2/c1-4-21-14-22(19-9-7-6-8-18(19)21)13-17-12-16(15(3)23)10-11-20(17)24-5-2/h4,6-12,14H,1,5,13H2,2-3H3/q+1. The van der Waals surface area contributed by atoms with Crippen LogP contribution in [0.1, 0.15) is 29.8 Å². The van der Waals surface area contributed by atoms with Crippen molar-refractivity contribution in [1.82, 2.24) is 4.57 Å². The van der Waals surface area contributed by atoms with Gasteiger partial charge in [0, 0.05) is 11.1 Å². The Morgan fingerprint density at radius 2 is 2.08 bits per heavy atom. The lowest BCUT2D eigenvalue weighted by Gasteiger charge is -2.10. The summed E-state index contributed by atoms with van der Waals surface area (Å²) in [6.07, 6.45) is 3.79. The lowest BCUT2D eigenvalue weighted by Crippen LogP contribution is -2.33. The van der Waals surface area contributed by atoms with Crippen molar-refractivity contribution in [3.63, 3.8) is 0 Å². The first-order valence-corrected chi connectivity index (χ1v) is 8.02. The predicted octanol–water partition coefficient (Wildman–Crippen LogP) is 3.68. The molecule has 0 atom stereocenters. The molecule has 1 aromatic heterocycles.